The molecule has 1 fully saturated rings. The first kappa shape index (κ1) is 16.2. The Morgan fingerprint density at radius 1 is 1.25 bits per heavy atom. The molecular formula is C18H22N4O2. The largest absolute Gasteiger partial charge is 0.369 e. The van der Waals surface area contributed by atoms with E-state index in [9.17, 15) is 9.59 Å². The molecule has 24 heavy (non-hydrogen) atoms. The maximum absolute atomic E-state index is 12.6. The van der Waals surface area contributed by atoms with Gasteiger partial charge in [0.15, 0.2) is 0 Å². The Hall–Kier alpha value is -2.63. The summed E-state index contributed by atoms with van der Waals surface area (Å²) in [6.07, 6.45) is 5.43. The number of likely N-dealkylation sites (tertiary alicyclic amines) is 1. The fraction of sp³-hybridized carbons (Fsp3) is 0.389. The number of rotatable bonds is 4. The Balaban J connectivity index is 1.68. The van der Waals surface area contributed by atoms with Gasteiger partial charge in [0.05, 0.1) is 24.2 Å². The zero-order valence-corrected chi connectivity index (χ0v) is 13.8. The van der Waals surface area contributed by atoms with E-state index in [0.29, 0.717) is 6.54 Å². The van der Waals surface area contributed by atoms with Crippen LogP contribution in [0.1, 0.15) is 25.3 Å². The SMILES string of the molecule is CC1CCC(C(N)=O)CN1C(=O)Cc1cnn(-c2ccccc2)c1. The monoisotopic (exact) mass is 326 g/mol. The number of amides is 2. The first-order valence-electron chi connectivity index (χ1n) is 8.22. The van der Waals surface area contributed by atoms with Crippen molar-refractivity contribution in [3.05, 3.63) is 48.3 Å². The maximum atomic E-state index is 12.6. The minimum Gasteiger partial charge on any atom is -0.369 e. The molecule has 2 heterocycles. The van der Waals surface area contributed by atoms with Crippen LogP contribution in [-0.2, 0) is 16.0 Å². The van der Waals surface area contributed by atoms with Crippen molar-refractivity contribution in [2.45, 2.75) is 32.2 Å². The topological polar surface area (TPSA) is 81.2 Å². The molecule has 126 valence electrons. The van der Waals surface area contributed by atoms with Crippen LogP contribution in [0.4, 0.5) is 0 Å². The number of hydrogen-bond donors (Lipinski definition) is 1. The molecular weight excluding hydrogens is 304 g/mol. The van der Waals surface area contributed by atoms with Crippen LogP contribution in [0.15, 0.2) is 42.7 Å². The highest BCUT2D eigenvalue weighted by molar-refractivity contribution is 5.81. The number of primary amides is 1. The molecule has 0 radical (unpaired) electrons. The van der Waals surface area contributed by atoms with Crippen LogP contribution >= 0.6 is 0 Å². The molecule has 0 saturated carbocycles. The minimum absolute atomic E-state index is 0.0149. The third-order valence-electron chi connectivity index (χ3n) is 4.62. The number of nitrogens with zero attached hydrogens (tertiary/aromatic N) is 3. The van der Waals surface area contributed by atoms with Gasteiger partial charge in [-0.15, -0.1) is 0 Å². The van der Waals surface area contributed by atoms with E-state index in [1.54, 1.807) is 15.8 Å². The van der Waals surface area contributed by atoms with E-state index in [4.69, 9.17) is 5.73 Å². The summed E-state index contributed by atoms with van der Waals surface area (Å²) < 4.78 is 1.76. The van der Waals surface area contributed by atoms with Crippen molar-refractivity contribution in [3.8, 4) is 5.69 Å². The molecule has 2 amide bonds. The number of nitrogens with two attached hydrogens (primary N) is 1. The smallest absolute Gasteiger partial charge is 0.227 e. The lowest BCUT2D eigenvalue weighted by atomic mass is 9.92. The average molecular weight is 326 g/mol. The molecule has 0 bridgehead atoms. The first-order valence-corrected chi connectivity index (χ1v) is 8.22. The number of para-hydroxylation sites is 1. The Kier molecular flexibility index (Phi) is 4.64. The summed E-state index contributed by atoms with van der Waals surface area (Å²) in [5.74, 6) is -0.546. The summed E-state index contributed by atoms with van der Waals surface area (Å²) in [7, 11) is 0. The summed E-state index contributed by atoms with van der Waals surface area (Å²) in [6.45, 7) is 2.44. The van der Waals surface area contributed by atoms with Crippen LogP contribution in [0.2, 0.25) is 0 Å². The molecule has 2 atom stereocenters. The second-order valence-corrected chi connectivity index (χ2v) is 6.38. The van der Waals surface area contributed by atoms with Gasteiger partial charge in [0.2, 0.25) is 11.8 Å². The predicted molar refractivity (Wildman–Crippen MR) is 90.4 cm³/mol. The Morgan fingerprint density at radius 3 is 2.71 bits per heavy atom. The van der Waals surface area contributed by atoms with Crippen molar-refractivity contribution in [3.63, 3.8) is 0 Å². The molecule has 1 aromatic heterocycles. The van der Waals surface area contributed by atoms with E-state index in [1.807, 2.05) is 43.5 Å². The van der Waals surface area contributed by atoms with Gasteiger partial charge in [0.25, 0.3) is 0 Å². The lowest BCUT2D eigenvalue weighted by molar-refractivity contribution is -0.136. The van der Waals surface area contributed by atoms with Gasteiger partial charge in [0, 0.05) is 18.8 Å². The first-order chi connectivity index (χ1) is 11.5. The van der Waals surface area contributed by atoms with Gasteiger partial charge in [-0.1, -0.05) is 18.2 Å². The van der Waals surface area contributed by atoms with Crippen molar-refractivity contribution in [2.75, 3.05) is 6.54 Å². The van der Waals surface area contributed by atoms with Crippen LogP contribution in [0.5, 0.6) is 0 Å². The third kappa shape index (κ3) is 3.48. The second-order valence-electron chi connectivity index (χ2n) is 6.38. The Labute approximate surface area is 141 Å². The fourth-order valence-electron chi connectivity index (χ4n) is 3.14. The van der Waals surface area contributed by atoms with E-state index in [-0.39, 0.29) is 30.2 Å². The quantitative estimate of drug-likeness (QED) is 0.925. The summed E-state index contributed by atoms with van der Waals surface area (Å²) in [6, 6.07) is 9.90. The molecule has 6 nitrogen and oxygen atoms in total. The summed E-state index contributed by atoms with van der Waals surface area (Å²) >= 11 is 0. The predicted octanol–water partition coefficient (Wildman–Crippen LogP) is 1.53. The molecule has 1 saturated heterocycles. The number of carbonyl (C=O) groups is 2. The highest BCUT2D eigenvalue weighted by Crippen LogP contribution is 2.22. The van der Waals surface area contributed by atoms with Crippen molar-refractivity contribution < 1.29 is 9.59 Å². The molecule has 1 aliphatic heterocycles. The van der Waals surface area contributed by atoms with Crippen LogP contribution in [0.3, 0.4) is 0 Å². The van der Waals surface area contributed by atoms with Gasteiger partial charge in [-0.2, -0.15) is 5.10 Å². The molecule has 0 aliphatic carbocycles. The maximum Gasteiger partial charge on any atom is 0.227 e. The number of piperidine rings is 1. The van der Waals surface area contributed by atoms with E-state index >= 15 is 0 Å². The molecule has 2 N–H and O–H groups in total. The van der Waals surface area contributed by atoms with Gasteiger partial charge >= 0.3 is 0 Å². The highest BCUT2D eigenvalue weighted by atomic mass is 16.2. The Morgan fingerprint density at radius 2 is 2.00 bits per heavy atom. The van der Waals surface area contributed by atoms with Crippen molar-refractivity contribution in [2.24, 2.45) is 11.7 Å². The van der Waals surface area contributed by atoms with Gasteiger partial charge in [-0.25, -0.2) is 4.68 Å². The lowest BCUT2D eigenvalue weighted by Crippen LogP contribution is -2.49. The molecule has 1 aromatic carbocycles. The summed E-state index contributed by atoms with van der Waals surface area (Å²) in [4.78, 5) is 25.8. The molecule has 0 spiro atoms. The molecule has 2 unspecified atom stereocenters. The van der Waals surface area contributed by atoms with E-state index < -0.39 is 0 Å². The van der Waals surface area contributed by atoms with Gasteiger partial charge in [-0.3, -0.25) is 9.59 Å². The normalized spacial score (nSPS) is 20.8. The fourth-order valence-corrected chi connectivity index (χ4v) is 3.14. The van der Waals surface area contributed by atoms with Crippen molar-refractivity contribution in [1.82, 2.24) is 14.7 Å². The van der Waals surface area contributed by atoms with E-state index in [1.165, 1.54) is 0 Å². The van der Waals surface area contributed by atoms with Crippen molar-refractivity contribution >= 4 is 11.8 Å². The summed E-state index contributed by atoms with van der Waals surface area (Å²) in [5.41, 5.74) is 7.22. The zero-order chi connectivity index (χ0) is 17.1. The van der Waals surface area contributed by atoms with Crippen LogP contribution < -0.4 is 5.73 Å². The van der Waals surface area contributed by atoms with E-state index in [0.717, 1.165) is 24.1 Å². The second kappa shape index (κ2) is 6.86. The van der Waals surface area contributed by atoms with Crippen LogP contribution in [-0.4, -0.2) is 39.1 Å². The van der Waals surface area contributed by atoms with E-state index in [2.05, 4.69) is 5.10 Å². The highest BCUT2D eigenvalue weighted by Gasteiger charge is 2.31. The molecule has 1 aliphatic rings. The Bertz CT molecular complexity index is 726. The summed E-state index contributed by atoms with van der Waals surface area (Å²) in [5, 5.41) is 4.32. The number of benzene rings is 1. The number of aromatic nitrogens is 2. The third-order valence-corrected chi connectivity index (χ3v) is 4.62. The molecule has 6 heteroatoms. The minimum atomic E-state index is -0.323. The average Bonchev–Trinajstić information content (AvgIpc) is 3.04. The molecule has 2 aromatic rings. The number of carbonyl (C=O) groups excluding carboxylic acids is 2. The molecule has 3 rings (SSSR count). The van der Waals surface area contributed by atoms with Gasteiger partial charge in [-0.05, 0) is 37.5 Å². The van der Waals surface area contributed by atoms with Gasteiger partial charge < -0.3 is 10.6 Å². The van der Waals surface area contributed by atoms with Crippen molar-refractivity contribution in [1.29, 1.82) is 0 Å². The number of hydrogen-bond acceptors (Lipinski definition) is 3. The standard InChI is InChI=1S/C18H22N4O2/c1-13-7-8-15(18(19)24)12-21(13)17(23)9-14-10-20-22(11-14)16-5-3-2-4-6-16/h2-6,10-11,13,15H,7-9,12H2,1H3,(H2,19,24). The van der Waals surface area contributed by atoms with Crippen LogP contribution in [0, 0.1) is 5.92 Å². The van der Waals surface area contributed by atoms with Crippen LogP contribution in [0.25, 0.3) is 5.69 Å². The van der Waals surface area contributed by atoms with Gasteiger partial charge in [0.1, 0.15) is 0 Å². The lowest BCUT2D eigenvalue weighted by Gasteiger charge is -2.37. The zero-order valence-electron chi connectivity index (χ0n) is 13.8.